The second-order valence-electron chi connectivity index (χ2n) is 6.38. The Morgan fingerprint density at radius 1 is 1.32 bits per heavy atom. The van der Waals surface area contributed by atoms with E-state index in [9.17, 15) is 4.79 Å². The number of anilines is 1. The minimum atomic E-state index is 0.0179. The summed E-state index contributed by atoms with van der Waals surface area (Å²) in [6.07, 6.45) is 3.21. The van der Waals surface area contributed by atoms with Crippen molar-refractivity contribution in [1.82, 2.24) is 0 Å². The van der Waals surface area contributed by atoms with Crippen molar-refractivity contribution in [3.63, 3.8) is 0 Å². The number of nitrogens with zero attached hydrogens (tertiary/aromatic N) is 1. The molecule has 0 radical (unpaired) electrons. The molecule has 2 nitrogen and oxygen atoms in total. The highest BCUT2D eigenvalue weighted by Crippen LogP contribution is 2.39. The van der Waals surface area contributed by atoms with Crippen molar-refractivity contribution in [2.75, 3.05) is 11.4 Å². The Hall–Kier alpha value is -1.57. The molecule has 2 rings (SSSR count). The average Bonchev–Trinajstić information content (AvgIpc) is 2.33. The molecule has 0 bridgehead atoms. The lowest BCUT2D eigenvalue weighted by Gasteiger charge is -2.44. The maximum atomic E-state index is 11.0. The van der Waals surface area contributed by atoms with Gasteiger partial charge < -0.3 is 4.90 Å². The lowest BCUT2D eigenvalue weighted by atomic mass is 9.87. The van der Waals surface area contributed by atoms with Crippen molar-refractivity contribution in [2.24, 2.45) is 5.92 Å². The Morgan fingerprint density at radius 2 is 2.00 bits per heavy atom. The van der Waals surface area contributed by atoms with Gasteiger partial charge in [0.05, 0.1) is 5.54 Å². The number of hydrogen-bond donors (Lipinski definition) is 0. The van der Waals surface area contributed by atoms with Crippen LogP contribution in [0.5, 0.6) is 0 Å². The van der Waals surface area contributed by atoms with Gasteiger partial charge in [0.15, 0.2) is 0 Å². The zero-order valence-corrected chi connectivity index (χ0v) is 12.5. The topological polar surface area (TPSA) is 20.3 Å². The van der Waals surface area contributed by atoms with Gasteiger partial charge in [0, 0.05) is 23.4 Å². The van der Waals surface area contributed by atoms with E-state index in [1.807, 2.05) is 12.1 Å². The van der Waals surface area contributed by atoms with E-state index < -0.39 is 0 Å². The fraction of sp³-hybridized carbons (Fsp3) is 0.471. The van der Waals surface area contributed by atoms with Crippen LogP contribution in [0.1, 0.15) is 50.5 Å². The SMILES string of the molecule is CC1=CC(C)(C)N(CC(C)C)c2ccc(C=O)cc21. The van der Waals surface area contributed by atoms with Crippen LogP contribution in [-0.4, -0.2) is 18.4 Å². The number of fused-ring (bicyclic) bond motifs is 1. The smallest absolute Gasteiger partial charge is 0.150 e. The summed E-state index contributed by atoms with van der Waals surface area (Å²) in [5, 5.41) is 0. The van der Waals surface area contributed by atoms with Gasteiger partial charge in [-0.3, -0.25) is 4.79 Å². The van der Waals surface area contributed by atoms with Crippen molar-refractivity contribution < 1.29 is 4.79 Å². The van der Waals surface area contributed by atoms with Crippen molar-refractivity contribution in [2.45, 2.75) is 40.2 Å². The highest BCUT2D eigenvalue weighted by molar-refractivity contribution is 5.86. The lowest BCUT2D eigenvalue weighted by Crippen LogP contribution is -2.46. The van der Waals surface area contributed by atoms with Crippen LogP contribution >= 0.6 is 0 Å². The number of carbonyl (C=O) groups is 1. The second kappa shape index (κ2) is 4.84. The normalized spacial score (nSPS) is 17.2. The molecule has 0 atom stereocenters. The van der Waals surface area contributed by atoms with Crippen LogP contribution in [0.25, 0.3) is 5.57 Å². The minimum Gasteiger partial charge on any atom is -0.362 e. The standard InChI is InChI=1S/C17H23NO/c1-12(2)10-18-16-7-6-14(11-19)8-15(16)13(3)9-17(18,4)5/h6-9,11-12H,10H2,1-5H3. The van der Waals surface area contributed by atoms with Gasteiger partial charge in [-0.1, -0.05) is 19.9 Å². The van der Waals surface area contributed by atoms with Crippen LogP contribution in [0.4, 0.5) is 5.69 Å². The number of benzene rings is 1. The van der Waals surface area contributed by atoms with Crippen LogP contribution < -0.4 is 4.90 Å². The summed E-state index contributed by atoms with van der Waals surface area (Å²) in [4.78, 5) is 13.4. The molecule has 2 heteroatoms. The largest absolute Gasteiger partial charge is 0.362 e. The van der Waals surface area contributed by atoms with Crippen LogP contribution in [0.3, 0.4) is 0 Å². The highest BCUT2D eigenvalue weighted by atomic mass is 16.1. The van der Waals surface area contributed by atoms with E-state index >= 15 is 0 Å². The highest BCUT2D eigenvalue weighted by Gasteiger charge is 2.31. The second-order valence-corrected chi connectivity index (χ2v) is 6.38. The third-order valence-electron chi connectivity index (χ3n) is 3.69. The van der Waals surface area contributed by atoms with Crippen molar-refractivity contribution in [3.8, 4) is 0 Å². The molecule has 19 heavy (non-hydrogen) atoms. The Morgan fingerprint density at radius 3 is 2.58 bits per heavy atom. The molecular weight excluding hydrogens is 234 g/mol. The molecule has 0 saturated heterocycles. The van der Waals surface area contributed by atoms with Crippen molar-refractivity contribution in [1.29, 1.82) is 0 Å². The molecule has 0 saturated carbocycles. The number of rotatable bonds is 3. The predicted molar refractivity (Wildman–Crippen MR) is 81.7 cm³/mol. The maximum Gasteiger partial charge on any atom is 0.150 e. The first-order valence-corrected chi connectivity index (χ1v) is 6.92. The molecule has 1 aliphatic heterocycles. The fourth-order valence-electron chi connectivity index (χ4n) is 2.87. The molecule has 0 amide bonds. The molecule has 0 fully saturated rings. The van der Waals surface area contributed by atoms with Gasteiger partial charge in [0.2, 0.25) is 0 Å². The summed E-state index contributed by atoms with van der Waals surface area (Å²) < 4.78 is 0. The van der Waals surface area contributed by atoms with E-state index in [2.05, 4.69) is 51.7 Å². The third-order valence-corrected chi connectivity index (χ3v) is 3.69. The van der Waals surface area contributed by atoms with E-state index in [1.165, 1.54) is 16.8 Å². The van der Waals surface area contributed by atoms with E-state index in [0.29, 0.717) is 5.92 Å². The first-order valence-electron chi connectivity index (χ1n) is 6.92. The molecule has 0 spiro atoms. The van der Waals surface area contributed by atoms with E-state index in [4.69, 9.17) is 0 Å². The van der Waals surface area contributed by atoms with Gasteiger partial charge in [0.1, 0.15) is 6.29 Å². The predicted octanol–water partition coefficient (Wildman–Crippen LogP) is 4.16. The van der Waals surface area contributed by atoms with Gasteiger partial charge >= 0.3 is 0 Å². The Bertz CT molecular complexity index is 526. The number of aldehydes is 1. The lowest BCUT2D eigenvalue weighted by molar-refractivity contribution is 0.112. The number of hydrogen-bond acceptors (Lipinski definition) is 2. The average molecular weight is 257 g/mol. The monoisotopic (exact) mass is 257 g/mol. The van der Waals surface area contributed by atoms with Crippen LogP contribution in [0.2, 0.25) is 0 Å². The summed E-state index contributed by atoms with van der Waals surface area (Å²) >= 11 is 0. The Balaban J connectivity index is 2.55. The van der Waals surface area contributed by atoms with Gasteiger partial charge in [-0.2, -0.15) is 0 Å². The molecule has 0 aliphatic carbocycles. The Labute approximate surface area is 116 Å². The number of allylic oxidation sites excluding steroid dienone is 1. The van der Waals surface area contributed by atoms with Crippen LogP contribution in [-0.2, 0) is 0 Å². The first-order chi connectivity index (χ1) is 8.85. The molecule has 0 unspecified atom stereocenters. The Kier molecular flexibility index (Phi) is 3.53. The van der Waals surface area contributed by atoms with Gasteiger partial charge in [-0.05, 0) is 50.5 Å². The van der Waals surface area contributed by atoms with E-state index in [1.54, 1.807) is 0 Å². The molecule has 1 aliphatic rings. The summed E-state index contributed by atoms with van der Waals surface area (Å²) in [6, 6.07) is 5.99. The van der Waals surface area contributed by atoms with Gasteiger partial charge in [0.25, 0.3) is 0 Å². The van der Waals surface area contributed by atoms with Crippen LogP contribution in [0.15, 0.2) is 24.3 Å². The zero-order valence-electron chi connectivity index (χ0n) is 12.5. The minimum absolute atomic E-state index is 0.0179. The van der Waals surface area contributed by atoms with Crippen LogP contribution in [0, 0.1) is 5.92 Å². The molecule has 1 aromatic rings. The maximum absolute atomic E-state index is 11.0. The first kappa shape index (κ1) is 13.9. The number of carbonyl (C=O) groups excluding carboxylic acids is 1. The van der Waals surface area contributed by atoms with E-state index in [0.717, 1.165) is 18.4 Å². The summed E-state index contributed by atoms with van der Waals surface area (Å²) in [7, 11) is 0. The quantitative estimate of drug-likeness (QED) is 0.758. The van der Waals surface area contributed by atoms with Crippen molar-refractivity contribution >= 4 is 17.5 Å². The molecule has 0 N–H and O–H groups in total. The molecule has 0 aromatic heterocycles. The molecule has 1 heterocycles. The molecule has 1 aromatic carbocycles. The summed E-state index contributed by atoms with van der Waals surface area (Å²) in [5.74, 6) is 0.602. The summed E-state index contributed by atoms with van der Waals surface area (Å²) in [5.41, 5.74) is 4.44. The van der Waals surface area contributed by atoms with Crippen molar-refractivity contribution in [3.05, 3.63) is 35.4 Å². The third kappa shape index (κ3) is 2.58. The van der Waals surface area contributed by atoms with E-state index in [-0.39, 0.29) is 5.54 Å². The van der Waals surface area contributed by atoms with Gasteiger partial charge in [-0.25, -0.2) is 0 Å². The molecular formula is C17H23NO. The molecule has 102 valence electrons. The zero-order chi connectivity index (χ0) is 14.2. The fourth-order valence-corrected chi connectivity index (χ4v) is 2.87. The summed E-state index contributed by atoms with van der Waals surface area (Å²) in [6.45, 7) is 12.1. The van der Waals surface area contributed by atoms with Gasteiger partial charge in [-0.15, -0.1) is 0 Å².